The van der Waals surface area contributed by atoms with E-state index in [1.165, 1.54) is 0 Å². The third-order valence-electron chi connectivity index (χ3n) is 4.76. The SMILES string of the molecule is c1cnc2c(CN3CC[C@H]4OCc5cnnn5[C@@H]4C3)cnn2c1. The molecule has 8 nitrogen and oxygen atoms in total. The molecule has 5 heterocycles. The van der Waals surface area contributed by atoms with Gasteiger partial charge >= 0.3 is 0 Å². The van der Waals surface area contributed by atoms with Crippen molar-refractivity contribution in [2.24, 2.45) is 0 Å². The van der Waals surface area contributed by atoms with Gasteiger partial charge in [0.2, 0.25) is 0 Å². The molecule has 3 aromatic rings. The summed E-state index contributed by atoms with van der Waals surface area (Å²) in [6.45, 7) is 3.38. The Kier molecular flexibility index (Phi) is 2.92. The van der Waals surface area contributed by atoms with Gasteiger partial charge in [0.15, 0.2) is 5.65 Å². The molecule has 5 rings (SSSR count). The summed E-state index contributed by atoms with van der Waals surface area (Å²) in [4.78, 5) is 6.86. The molecule has 0 bridgehead atoms. The highest BCUT2D eigenvalue weighted by Gasteiger charge is 2.36. The molecule has 0 amide bonds. The summed E-state index contributed by atoms with van der Waals surface area (Å²) < 4.78 is 9.82. The van der Waals surface area contributed by atoms with Gasteiger partial charge in [-0.3, -0.25) is 4.90 Å². The quantitative estimate of drug-likeness (QED) is 0.692. The summed E-state index contributed by atoms with van der Waals surface area (Å²) >= 11 is 0. The van der Waals surface area contributed by atoms with Crippen molar-refractivity contribution in [1.29, 1.82) is 0 Å². The van der Waals surface area contributed by atoms with Crippen molar-refractivity contribution < 1.29 is 4.74 Å². The molecule has 1 fully saturated rings. The number of fused-ring (bicyclic) bond motifs is 4. The van der Waals surface area contributed by atoms with Gasteiger partial charge in [0, 0.05) is 37.6 Å². The van der Waals surface area contributed by atoms with Gasteiger partial charge in [-0.2, -0.15) is 5.10 Å². The third-order valence-corrected chi connectivity index (χ3v) is 4.76. The molecule has 0 aliphatic carbocycles. The largest absolute Gasteiger partial charge is 0.370 e. The molecule has 0 N–H and O–H groups in total. The topological polar surface area (TPSA) is 73.4 Å². The number of piperidine rings is 1. The van der Waals surface area contributed by atoms with Crippen molar-refractivity contribution >= 4 is 5.65 Å². The van der Waals surface area contributed by atoms with E-state index < -0.39 is 0 Å². The molecular formula is C15H17N7O. The van der Waals surface area contributed by atoms with Gasteiger partial charge in [-0.25, -0.2) is 14.2 Å². The lowest BCUT2D eigenvalue weighted by Crippen LogP contribution is -2.47. The molecule has 0 saturated carbocycles. The molecule has 2 aliphatic heterocycles. The first kappa shape index (κ1) is 13.1. The van der Waals surface area contributed by atoms with Crippen LogP contribution in [0.15, 0.2) is 30.9 Å². The number of hydrogen-bond acceptors (Lipinski definition) is 6. The van der Waals surface area contributed by atoms with Crippen LogP contribution in [0.5, 0.6) is 0 Å². The molecular weight excluding hydrogens is 294 g/mol. The summed E-state index contributed by atoms with van der Waals surface area (Å²) in [6.07, 6.45) is 8.69. The molecule has 1 saturated heterocycles. The van der Waals surface area contributed by atoms with E-state index in [0.717, 1.165) is 43.0 Å². The molecule has 2 aliphatic rings. The summed E-state index contributed by atoms with van der Waals surface area (Å²) in [6, 6.07) is 2.13. The van der Waals surface area contributed by atoms with Crippen LogP contribution in [0, 0.1) is 0 Å². The van der Waals surface area contributed by atoms with Gasteiger partial charge in [0.1, 0.15) is 0 Å². The summed E-state index contributed by atoms with van der Waals surface area (Å²) in [5, 5.41) is 12.6. The van der Waals surface area contributed by atoms with Gasteiger partial charge in [0.25, 0.3) is 0 Å². The van der Waals surface area contributed by atoms with Crippen molar-refractivity contribution in [2.75, 3.05) is 13.1 Å². The predicted octanol–water partition coefficient (Wildman–Crippen LogP) is 0.667. The maximum atomic E-state index is 5.96. The molecule has 2 atom stereocenters. The second-order valence-electron chi connectivity index (χ2n) is 6.17. The van der Waals surface area contributed by atoms with E-state index in [1.54, 1.807) is 6.20 Å². The summed E-state index contributed by atoms with van der Waals surface area (Å²) in [5.74, 6) is 0. The molecule has 8 heteroatoms. The first-order valence-corrected chi connectivity index (χ1v) is 7.89. The van der Waals surface area contributed by atoms with Crippen LogP contribution in [-0.2, 0) is 17.9 Å². The monoisotopic (exact) mass is 311 g/mol. The maximum absolute atomic E-state index is 5.96. The lowest BCUT2D eigenvalue weighted by molar-refractivity contribution is -0.0669. The molecule has 118 valence electrons. The average molecular weight is 311 g/mol. The van der Waals surface area contributed by atoms with Gasteiger partial charge in [-0.15, -0.1) is 5.10 Å². The minimum atomic E-state index is 0.238. The number of hydrogen-bond donors (Lipinski definition) is 0. The van der Waals surface area contributed by atoms with Crippen LogP contribution < -0.4 is 0 Å². The third kappa shape index (κ3) is 2.13. The first-order valence-electron chi connectivity index (χ1n) is 7.89. The van der Waals surface area contributed by atoms with Gasteiger partial charge in [-0.1, -0.05) is 5.21 Å². The molecule has 0 aromatic carbocycles. The zero-order valence-corrected chi connectivity index (χ0v) is 12.6. The normalized spacial score (nSPS) is 24.5. The highest BCUT2D eigenvalue weighted by Crippen LogP contribution is 2.30. The van der Waals surface area contributed by atoms with Crippen LogP contribution in [0.2, 0.25) is 0 Å². The molecule has 23 heavy (non-hydrogen) atoms. The van der Waals surface area contributed by atoms with Crippen LogP contribution in [0.25, 0.3) is 5.65 Å². The van der Waals surface area contributed by atoms with Crippen LogP contribution in [0.4, 0.5) is 0 Å². The number of ether oxygens (including phenoxy) is 1. The zero-order chi connectivity index (χ0) is 15.2. The standard InChI is InChI=1S/C15H17N7O/c1-3-16-15-11(6-18-21(15)4-1)8-20-5-2-14-13(9-20)22-12(10-23-14)7-17-19-22/h1,3-4,6-7,13-14H,2,5,8-10H2/t13-,14-/m1/s1. The van der Waals surface area contributed by atoms with E-state index in [0.29, 0.717) is 6.61 Å². The fraction of sp³-hybridized carbons (Fsp3) is 0.467. The second-order valence-corrected chi connectivity index (χ2v) is 6.17. The summed E-state index contributed by atoms with van der Waals surface area (Å²) in [7, 11) is 0. The lowest BCUT2D eigenvalue weighted by Gasteiger charge is -2.40. The van der Waals surface area contributed by atoms with Gasteiger partial charge in [0.05, 0.1) is 36.8 Å². The van der Waals surface area contributed by atoms with Crippen LogP contribution >= 0.6 is 0 Å². The fourth-order valence-electron chi connectivity index (χ4n) is 3.62. The summed E-state index contributed by atoms with van der Waals surface area (Å²) in [5.41, 5.74) is 3.14. The van der Waals surface area contributed by atoms with Crippen molar-refractivity contribution in [3.8, 4) is 0 Å². The molecule has 0 spiro atoms. The Morgan fingerprint density at radius 2 is 2.30 bits per heavy atom. The minimum Gasteiger partial charge on any atom is -0.370 e. The second kappa shape index (κ2) is 5.10. The fourth-order valence-corrected chi connectivity index (χ4v) is 3.62. The van der Waals surface area contributed by atoms with Crippen molar-refractivity contribution in [3.05, 3.63) is 42.1 Å². The first-order chi connectivity index (χ1) is 11.4. The zero-order valence-electron chi connectivity index (χ0n) is 12.6. The van der Waals surface area contributed by atoms with Crippen molar-refractivity contribution in [2.45, 2.75) is 31.7 Å². The van der Waals surface area contributed by atoms with Crippen LogP contribution in [0.1, 0.15) is 23.7 Å². The van der Waals surface area contributed by atoms with E-state index >= 15 is 0 Å². The Morgan fingerprint density at radius 3 is 3.30 bits per heavy atom. The highest BCUT2D eigenvalue weighted by molar-refractivity contribution is 5.45. The molecule has 0 radical (unpaired) electrons. The molecule has 3 aromatic heterocycles. The number of rotatable bonds is 2. The number of nitrogens with zero attached hydrogens (tertiary/aromatic N) is 7. The van der Waals surface area contributed by atoms with Crippen molar-refractivity contribution in [3.63, 3.8) is 0 Å². The Morgan fingerprint density at radius 1 is 1.30 bits per heavy atom. The highest BCUT2D eigenvalue weighted by atomic mass is 16.5. The van der Waals surface area contributed by atoms with E-state index in [1.807, 2.05) is 33.9 Å². The van der Waals surface area contributed by atoms with Crippen LogP contribution in [-0.4, -0.2) is 53.7 Å². The smallest absolute Gasteiger partial charge is 0.159 e. The lowest BCUT2D eigenvalue weighted by atomic mass is 10.00. The van der Waals surface area contributed by atoms with E-state index in [9.17, 15) is 0 Å². The van der Waals surface area contributed by atoms with Gasteiger partial charge < -0.3 is 4.74 Å². The van der Waals surface area contributed by atoms with E-state index in [2.05, 4.69) is 25.3 Å². The Bertz CT molecular complexity index is 841. The van der Waals surface area contributed by atoms with Gasteiger partial charge in [-0.05, 0) is 12.5 Å². The van der Waals surface area contributed by atoms with E-state index in [-0.39, 0.29) is 12.1 Å². The Hall–Kier alpha value is -2.32. The maximum Gasteiger partial charge on any atom is 0.159 e. The Labute approximate surface area is 132 Å². The van der Waals surface area contributed by atoms with Crippen molar-refractivity contribution in [1.82, 2.24) is 34.5 Å². The minimum absolute atomic E-state index is 0.238. The number of aromatic nitrogens is 6. The Balaban J connectivity index is 1.39. The number of likely N-dealkylation sites (tertiary alicyclic amines) is 1. The predicted molar refractivity (Wildman–Crippen MR) is 80.5 cm³/mol. The average Bonchev–Trinajstić information content (AvgIpc) is 3.22. The molecule has 0 unspecified atom stereocenters. The van der Waals surface area contributed by atoms with E-state index in [4.69, 9.17) is 4.74 Å². The van der Waals surface area contributed by atoms with Crippen LogP contribution in [0.3, 0.4) is 0 Å².